The molecule has 0 aromatic rings. The van der Waals surface area contributed by atoms with Crippen LogP contribution >= 0.6 is 0 Å². The fourth-order valence-corrected chi connectivity index (χ4v) is 4.98. The van der Waals surface area contributed by atoms with Crippen molar-refractivity contribution in [2.45, 2.75) is 103 Å². The van der Waals surface area contributed by atoms with Gasteiger partial charge in [0.1, 0.15) is 24.2 Å². The van der Waals surface area contributed by atoms with E-state index in [0.29, 0.717) is 25.8 Å². The van der Waals surface area contributed by atoms with Gasteiger partial charge in [-0.05, 0) is 51.9 Å². The maximum Gasteiger partial charge on any atom is 0.245 e. The fraction of sp³-hybridized carbons (Fsp3) is 0.731. The number of rotatable bonds is 13. The van der Waals surface area contributed by atoms with Gasteiger partial charge in [-0.15, -0.1) is 0 Å². The van der Waals surface area contributed by atoms with Crippen LogP contribution in [0.3, 0.4) is 0 Å². The first-order chi connectivity index (χ1) is 18.2. The summed E-state index contributed by atoms with van der Waals surface area (Å²) in [6.45, 7) is 7.17. The quantitative estimate of drug-likeness (QED) is 0.226. The number of hydrogen-bond donors (Lipinski definition) is 4. The number of Topliss-reactive ketones (excluding diaryl/α,β-unsaturated/α-hetero) is 1. The maximum atomic E-state index is 13.3. The molecule has 0 radical (unpaired) electrons. The molecule has 2 aliphatic heterocycles. The van der Waals surface area contributed by atoms with Crippen LogP contribution in [-0.4, -0.2) is 94.8 Å². The lowest BCUT2D eigenvalue weighted by molar-refractivity contribution is -0.147. The monoisotopic (exact) mass is 550 g/mol. The minimum Gasteiger partial charge on any atom is -0.370 e. The summed E-state index contributed by atoms with van der Waals surface area (Å²) in [5.74, 6) is -2.93. The van der Waals surface area contributed by atoms with Crippen molar-refractivity contribution in [2.75, 3.05) is 13.6 Å². The number of likely N-dealkylation sites (tertiary alicyclic amines) is 1. The number of nitrogens with zero attached hydrogens (tertiary/aromatic N) is 2. The molecular weight excluding hydrogens is 508 g/mol. The summed E-state index contributed by atoms with van der Waals surface area (Å²) in [5.41, 5.74) is 5.22. The third kappa shape index (κ3) is 8.75. The van der Waals surface area contributed by atoms with Gasteiger partial charge in [0.2, 0.25) is 35.4 Å². The van der Waals surface area contributed by atoms with Crippen LogP contribution in [0.25, 0.3) is 0 Å². The molecule has 2 heterocycles. The van der Waals surface area contributed by atoms with E-state index in [1.54, 1.807) is 7.05 Å². The van der Waals surface area contributed by atoms with E-state index in [1.165, 1.54) is 23.6 Å². The van der Waals surface area contributed by atoms with Crippen molar-refractivity contribution in [1.82, 2.24) is 25.8 Å². The molecule has 5 N–H and O–H groups in total. The fourth-order valence-electron chi connectivity index (χ4n) is 4.98. The van der Waals surface area contributed by atoms with Gasteiger partial charge in [0.05, 0.1) is 6.04 Å². The summed E-state index contributed by atoms with van der Waals surface area (Å²) < 4.78 is 0. The maximum absolute atomic E-state index is 13.3. The summed E-state index contributed by atoms with van der Waals surface area (Å²) in [4.78, 5) is 90.1. The van der Waals surface area contributed by atoms with Crippen LogP contribution in [0.4, 0.5) is 0 Å². The second kappa shape index (κ2) is 14.0. The van der Waals surface area contributed by atoms with Crippen LogP contribution in [0.5, 0.6) is 0 Å². The molecule has 0 bridgehead atoms. The van der Waals surface area contributed by atoms with Crippen LogP contribution in [-0.2, 0) is 33.6 Å². The molecule has 2 rings (SSSR count). The molecule has 13 nitrogen and oxygen atoms in total. The third-order valence-electron chi connectivity index (χ3n) is 7.15. The summed E-state index contributed by atoms with van der Waals surface area (Å²) in [6, 6.07) is -4.33. The molecule has 0 spiro atoms. The highest BCUT2D eigenvalue weighted by atomic mass is 16.2. The molecule has 2 fully saturated rings. The Labute approximate surface area is 228 Å². The van der Waals surface area contributed by atoms with Crippen molar-refractivity contribution < 1.29 is 33.6 Å². The van der Waals surface area contributed by atoms with E-state index in [2.05, 4.69) is 16.0 Å². The first kappa shape index (κ1) is 31.7. The van der Waals surface area contributed by atoms with Crippen molar-refractivity contribution >= 4 is 41.2 Å². The van der Waals surface area contributed by atoms with Gasteiger partial charge in [-0.2, -0.15) is 0 Å². The number of nitrogens with one attached hydrogen (secondary N) is 3. The number of primary amides is 1. The van der Waals surface area contributed by atoms with Crippen LogP contribution in [0.15, 0.2) is 0 Å². The Bertz CT molecular complexity index is 984. The standard InChI is InChI=1S/C26H42N6O7/c1-14(2)13-20(16(4)33)31(5)26(39)19-7-6-12-32(19)25(38)15(3)28-23(36)18(8-10-21(27)34)30-24(37)17-9-11-22(35)29-17/h14-15,17-20H,6-13H2,1-5H3,(H2,27,34)(H,28,36)(H,29,35)(H,30,37)/t15-,17-,18-,19-,20+/m0/s1. The van der Waals surface area contributed by atoms with E-state index < -0.39 is 53.8 Å². The third-order valence-corrected chi connectivity index (χ3v) is 7.15. The van der Waals surface area contributed by atoms with Gasteiger partial charge in [-0.25, -0.2) is 0 Å². The van der Waals surface area contributed by atoms with Crippen molar-refractivity contribution in [3.8, 4) is 0 Å². The Morgan fingerprint density at radius 2 is 1.77 bits per heavy atom. The Morgan fingerprint density at radius 1 is 1.10 bits per heavy atom. The second-order valence-corrected chi connectivity index (χ2v) is 10.9. The molecule has 0 saturated carbocycles. The normalized spacial score (nSPS) is 21.1. The van der Waals surface area contributed by atoms with Crippen LogP contribution in [0.2, 0.25) is 0 Å². The Morgan fingerprint density at radius 3 is 2.31 bits per heavy atom. The van der Waals surface area contributed by atoms with E-state index >= 15 is 0 Å². The lowest BCUT2D eigenvalue weighted by Crippen LogP contribution is -2.57. The molecule has 39 heavy (non-hydrogen) atoms. The van der Waals surface area contributed by atoms with E-state index in [0.717, 1.165) is 0 Å². The molecule has 0 aromatic carbocycles. The Kier molecular flexibility index (Phi) is 11.4. The van der Waals surface area contributed by atoms with Crippen LogP contribution in [0.1, 0.15) is 72.6 Å². The second-order valence-electron chi connectivity index (χ2n) is 10.9. The number of hydrogen-bond acceptors (Lipinski definition) is 7. The van der Waals surface area contributed by atoms with E-state index in [1.807, 2.05) is 13.8 Å². The molecule has 5 atom stereocenters. The smallest absolute Gasteiger partial charge is 0.245 e. The number of likely N-dealkylation sites (N-methyl/N-ethyl adjacent to an activating group) is 1. The van der Waals surface area contributed by atoms with Gasteiger partial charge in [-0.3, -0.25) is 33.6 Å². The Hall–Kier alpha value is -3.51. The number of carbonyl (C=O) groups is 7. The number of carbonyl (C=O) groups excluding carboxylic acids is 7. The highest BCUT2D eigenvalue weighted by Gasteiger charge is 2.40. The SMILES string of the molecule is CC(=O)[C@@H](CC(C)C)N(C)C(=O)[C@@H]1CCCN1C(=O)[C@H](C)NC(=O)[C@H](CCC(N)=O)NC(=O)[C@@H]1CCC(=O)N1. The van der Waals surface area contributed by atoms with Crippen molar-refractivity contribution in [1.29, 1.82) is 0 Å². The summed E-state index contributed by atoms with van der Waals surface area (Å²) in [6.07, 6.45) is 1.74. The van der Waals surface area contributed by atoms with E-state index in [9.17, 15) is 33.6 Å². The van der Waals surface area contributed by atoms with Gasteiger partial charge in [0.15, 0.2) is 5.78 Å². The zero-order valence-electron chi connectivity index (χ0n) is 23.5. The van der Waals surface area contributed by atoms with Crippen molar-refractivity contribution in [3.05, 3.63) is 0 Å². The molecule has 0 aromatic heterocycles. The first-order valence-corrected chi connectivity index (χ1v) is 13.5. The Balaban J connectivity index is 2.08. The minimum atomic E-state index is -1.16. The van der Waals surface area contributed by atoms with Gasteiger partial charge in [0, 0.05) is 26.4 Å². The predicted octanol–water partition coefficient (Wildman–Crippen LogP) is -1.03. The number of amides is 6. The molecule has 0 aliphatic carbocycles. The van der Waals surface area contributed by atoms with Crippen molar-refractivity contribution in [2.24, 2.45) is 11.7 Å². The van der Waals surface area contributed by atoms with Gasteiger partial charge in [0.25, 0.3) is 0 Å². The lowest BCUT2D eigenvalue weighted by atomic mass is 9.99. The highest BCUT2D eigenvalue weighted by molar-refractivity contribution is 5.97. The van der Waals surface area contributed by atoms with Crippen LogP contribution in [0, 0.1) is 5.92 Å². The van der Waals surface area contributed by atoms with Crippen LogP contribution < -0.4 is 21.7 Å². The van der Waals surface area contributed by atoms with Gasteiger partial charge in [-0.1, -0.05) is 13.8 Å². The van der Waals surface area contributed by atoms with E-state index in [4.69, 9.17) is 5.73 Å². The largest absolute Gasteiger partial charge is 0.370 e. The lowest BCUT2D eigenvalue weighted by Gasteiger charge is -2.34. The summed E-state index contributed by atoms with van der Waals surface area (Å²) in [7, 11) is 1.57. The number of ketones is 1. The average Bonchev–Trinajstić information content (AvgIpc) is 3.52. The minimum absolute atomic E-state index is 0.0909. The zero-order chi connectivity index (χ0) is 29.4. The molecular formula is C26H42N6O7. The van der Waals surface area contributed by atoms with Gasteiger partial charge >= 0.3 is 0 Å². The van der Waals surface area contributed by atoms with Crippen molar-refractivity contribution in [3.63, 3.8) is 0 Å². The van der Waals surface area contributed by atoms with Gasteiger partial charge < -0.3 is 31.5 Å². The number of nitrogens with two attached hydrogens (primary N) is 1. The molecule has 0 unspecified atom stereocenters. The molecule has 13 heteroatoms. The highest BCUT2D eigenvalue weighted by Crippen LogP contribution is 2.22. The van der Waals surface area contributed by atoms with E-state index in [-0.39, 0.29) is 49.2 Å². The molecule has 2 saturated heterocycles. The average molecular weight is 551 g/mol. The molecule has 2 aliphatic rings. The molecule has 6 amide bonds. The molecule has 218 valence electrons. The summed E-state index contributed by atoms with van der Waals surface area (Å²) in [5, 5.41) is 7.63. The first-order valence-electron chi connectivity index (χ1n) is 13.5. The predicted molar refractivity (Wildman–Crippen MR) is 141 cm³/mol. The topological polar surface area (TPSA) is 188 Å². The summed E-state index contributed by atoms with van der Waals surface area (Å²) >= 11 is 0. The zero-order valence-corrected chi connectivity index (χ0v) is 23.5.